The number of nitrogens with zero attached hydrogens (tertiary/aromatic N) is 3. The maximum absolute atomic E-state index is 12.1. The zero-order valence-electron chi connectivity index (χ0n) is 14.6. The molecule has 0 spiro atoms. The van der Waals surface area contributed by atoms with E-state index in [9.17, 15) is 9.59 Å². The molecule has 8 heteroatoms. The lowest BCUT2D eigenvalue weighted by atomic mass is 10.0. The fraction of sp³-hybridized carbons (Fsp3) is 0.158. The Labute approximate surface area is 153 Å². The van der Waals surface area contributed by atoms with E-state index in [0.29, 0.717) is 17.9 Å². The fourth-order valence-electron chi connectivity index (χ4n) is 2.94. The zero-order valence-corrected chi connectivity index (χ0v) is 14.6. The minimum atomic E-state index is -0.553. The molecule has 0 bridgehead atoms. The largest absolute Gasteiger partial charge is 0.381 e. The van der Waals surface area contributed by atoms with Gasteiger partial charge in [0.25, 0.3) is 5.56 Å². The van der Waals surface area contributed by atoms with Gasteiger partial charge in [0.2, 0.25) is 0 Å². The van der Waals surface area contributed by atoms with Gasteiger partial charge in [-0.2, -0.15) is 5.10 Å². The first-order chi connectivity index (χ1) is 13.1. The van der Waals surface area contributed by atoms with Crippen LogP contribution in [0.15, 0.2) is 64.6 Å². The smallest absolute Gasteiger partial charge is 0.325 e. The number of aromatic amines is 2. The van der Waals surface area contributed by atoms with Gasteiger partial charge in [-0.05, 0) is 17.5 Å². The Bertz CT molecular complexity index is 1190. The molecular formula is C19H18N6O2. The van der Waals surface area contributed by atoms with Gasteiger partial charge in [0.15, 0.2) is 5.65 Å². The number of benzene rings is 1. The Morgan fingerprint density at radius 1 is 1.22 bits per heavy atom. The summed E-state index contributed by atoms with van der Waals surface area (Å²) < 4.78 is 1.61. The summed E-state index contributed by atoms with van der Waals surface area (Å²) in [6.45, 7) is 2.83. The third-order valence-electron chi connectivity index (χ3n) is 4.42. The molecule has 0 fully saturated rings. The first-order valence-electron chi connectivity index (χ1n) is 8.57. The van der Waals surface area contributed by atoms with Gasteiger partial charge in [0.1, 0.15) is 5.69 Å². The summed E-state index contributed by atoms with van der Waals surface area (Å²) in [5, 5.41) is 7.82. The van der Waals surface area contributed by atoms with Gasteiger partial charge in [-0.25, -0.2) is 14.3 Å². The minimum Gasteiger partial charge on any atom is -0.381 e. The molecule has 4 aromatic rings. The number of nitrogens with one attached hydrogen (secondary N) is 3. The van der Waals surface area contributed by atoms with Crippen LogP contribution in [0.25, 0.3) is 16.9 Å². The van der Waals surface area contributed by atoms with E-state index in [-0.39, 0.29) is 11.5 Å². The molecule has 0 radical (unpaired) electrons. The number of hydrogen-bond acceptors (Lipinski definition) is 5. The van der Waals surface area contributed by atoms with Gasteiger partial charge in [-0.1, -0.05) is 37.3 Å². The minimum absolute atomic E-state index is 0.282. The van der Waals surface area contributed by atoms with Crippen molar-refractivity contribution in [3.8, 4) is 11.3 Å². The van der Waals surface area contributed by atoms with Crippen LogP contribution in [0.5, 0.6) is 0 Å². The molecule has 1 atom stereocenters. The maximum atomic E-state index is 12.1. The van der Waals surface area contributed by atoms with Gasteiger partial charge >= 0.3 is 5.69 Å². The van der Waals surface area contributed by atoms with Crippen LogP contribution in [0.1, 0.15) is 18.4 Å². The second kappa shape index (κ2) is 6.91. The van der Waals surface area contributed by atoms with E-state index in [1.54, 1.807) is 23.0 Å². The van der Waals surface area contributed by atoms with Crippen molar-refractivity contribution in [3.63, 3.8) is 0 Å². The molecule has 0 unspecified atom stereocenters. The van der Waals surface area contributed by atoms with Crippen LogP contribution in [0.4, 0.5) is 5.69 Å². The number of hydrogen-bond donors (Lipinski definition) is 3. The average molecular weight is 362 g/mol. The summed E-state index contributed by atoms with van der Waals surface area (Å²) >= 11 is 0. The monoisotopic (exact) mass is 362 g/mol. The molecule has 136 valence electrons. The lowest BCUT2D eigenvalue weighted by Gasteiger charge is -2.15. The fourth-order valence-corrected chi connectivity index (χ4v) is 2.94. The highest BCUT2D eigenvalue weighted by molar-refractivity contribution is 5.73. The van der Waals surface area contributed by atoms with Crippen molar-refractivity contribution in [3.05, 3.63) is 81.4 Å². The molecule has 4 rings (SSSR count). The highest BCUT2D eigenvalue weighted by Gasteiger charge is 2.13. The van der Waals surface area contributed by atoms with Crippen LogP contribution in [0.3, 0.4) is 0 Å². The number of imidazole rings is 1. The molecule has 0 saturated heterocycles. The number of fused-ring (bicyclic) bond motifs is 1. The van der Waals surface area contributed by atoms with Crippen LogP contribution < -0.4 is 16.6 Å². The number of anilines is 1. The van der Waals surface area contributed by atoms with E-state index in [0.717, 1.165) is 5.69 Å². The molecule has 27 heavy (non-hydrogen) atoms. The van der Waals surface area contributed by atoms with Crippen LogP contribution in [-0.2, 0) is 0 Å². The van der Waals surface area contributed by atoms with Gasteiger partial charge in [0.05, 0.1) is 11.3 Å². The third-order valence-corrected chi connectivity index (χ3v) is 4.42. The highest BCUT2D eigenvalue weighted by atomic mass is 16.2. The first-order valence-corrected chi connectivity index (χ1v) is 8.57. The molecule has 3 aromatic heterocycles. The van der Waals surface area contributed by atoms with Gasteiger partial charge in [0, 0.05) is 25.1 Å². The van der Waals surface area contributed by atoms with Crippen LogP contribution in [0.2, 0.25) is 0 Å². The molecular weight excluding hydrogens is 344 g/mol. The Morgan fingerprint density at radius 2 is 2.04 bits per heavy atom. The molecule has 8 nitrogen and oxygen atoms in total. The predicted octanol–water partition coefficient (Wildman–Crippen LogP) is 1.99. The zero-order chi connectivity index (χ0) is 18.8. The second-order valence-corrected chi connectivity index (χ2v) is 6.32. The first kappa shape index (κ1) is 16.8. The Balaban J connectivity index is 1.69. The van der Waals surface area contributed by atoms with E-state index < -0.39 is 11.2 Å². The van der Waals surface area contributed by atoms with Crippen molar-refractivity contribution in [1.29, 1.82) is 0 Å². The molecule has 1 aromatic carbocycles. The molecule has 0 saturated carbocycles. The van der Waals surface area contributed by atoms with E-state index >= 15 is 0 Å². The normalized spacial score (nSPS) is 12.2. The quantitative estimate of drug-likeness (QED) is 0.503. The van der Waals surface area contributed by atoms with E-state index in [2.05, 4.69) is 44.4 Å². The lowest BCUT2D eigenvalue weighted by Crippen LogP contribution is -2.23. The van der Waals surface area contributed by atoms with Crippen molar-refractivity contribution < 1.29 is 0 Å². The SMILES string of the molecule is C[C@H](CNc1cc(-c2c[nH]c(=O)[nH]c2=O)nn2ccnc12)c1ccccc1. The van der Waals surface area contributed by atoms with Crippen molar-refractivity contribution in [2.24, 2.45) is 0 Å². The standard InChI is InChI=1S/C19H18N6O2/c1-12(13-5-3-2-4-6-13)10-21-16-9-15(24-25-8-7-20-17(16)25)14-11-22-19(27)23-18(14)26/h2-9,11-12,21H,10H2,1H3,(H2,22,23,26,27)/t12-/m1/s1. The molecule has 0 amide bonds. The summed E-state index contributed by atoms with van der Waals surface area (Å²) in [5.74, 6) is 0.286. The Hall–Kier alpha value is -3.68. The van der Waals surface area contributed by atoms with E-state index in [4.69, 9.17) is 0 Å². The Kier molecular flexibility index (Phi) is 4.29. The van der Waals surface area contributed by atoms with Gasteiger partial charge < -0.3 is 10.3 Å². The third kappa shape index (κ3) is 3.37. The Morgan fingerprint density at radius 3 is 2.81 bits per heavy atom. The summed E-state index contributed by atoms with van der Waals surface area (Å²) in [4.78, 5) is 32.4. The van der Waals surface area contributed by atoms with Crippen LogP contribution in [0, 0.1) is 0 Å². The maximum Gasteiger partial charge on any atom is 0.325 e. The molecule has 0 aliphatic carbocycles. The molecule has 3 heterocycles. The topological polar surface area (TPSA) is 108 Å². The summed E-state index contributed by atoms with van der Waals surface area (Å²) in [7, 11) is 0. The molecule has 3 N–H and O–H groups in total. The predicted molar refractivity (Wildman–Crippen MR) is 103 cm³/mol. The van der Waals surface area contributed by atoms with Gasteiger partial charge in [-0.3, -0.25) is 9.78 Å². The average Bonchev–Trinajstić information content (AvgIpc) is 3.15. The lowest BCUT2D eigenvalue weighted by molar-refractivity contribution is 0.803. The molecule has 0 aliphatic heterocycles. The van der Waals surface area contributed by atoms with Crippen LogP contribution in [-0.4, -0.2) is 31.1 Å². The number of rotatable bonds is 5. The summed E-state index contributed by atoms with van der Waals surface area (Å²) in [6, 6.07) is 12.0. The van der Waals surface area contributed by atoms with Crippen LogP contribution >= 0.6 is 0 Å². The number of H-pyrrole nitrogens is 2. The van der Waals surface area contributed by atoms with Gasteiger partial charge in [-0.15, -0.1) is 0 Å². The van der Waals surface area contributed by atoms with Crippen molar-refractivity contribution in [1.82, 2.24) is 24.6 Å². The highest BCUT2D eigenvalue weighted by Crippen LogP contribution is 2.22. The summed E-state index contributed by atoms with van der Waals surface area (Å²) in [6.07, 6.45) is 4.72. The number of aromatic nitrogens is 5. The molecule has 0 aliphatic rings. The van der Waals surface area contributed by atoms with E-state index in [1.807, 2.05) is 18.2 Å². The second-order valence-electron chi connectivity index (χ2n) is 6.32. The summed E-state index contributed by atoms with van der Waals surface area (Å²) in [5.41, 5.74) is 2.34. The van der Waals surface area contributed by atoms with Crippen molar-refractivity contribution >= 4 is 11.3 Å². The van der Waals surface area contributed by atoms with Crippen molar-refractivity contribution in [2.45, 2.75) is 12.8 Å². The van der Waals surface area contributed by atoms with Crippen molar-refractivity contribution in [2.75, 3.05) is 11.9 Å². The van der Waals surface area contributed by atoms with E-state index in [1.165, 1.54) is 11.8 Å².